The van der Waals surface area contributed by atoms with Crippen LogP contribution in [-0.4, -0.2) is 59.3 Å². The molecule has 3 fully saturated rings. The van der Waals surface area contributed by atoms with Gasteiger partial charge < -0.3 is 14.6 Å². The number of allylic oxidation sites excluding steroid dienone is 8. The van der Waals surface area contributed by atoms with Crippen LogP contribution in [0.4, 0.5) is 0 Å². The Bertz CT molecular complexity index is 856. The van der Waals surface area contributed by atoms with Crippen molar-refractivity contribution in [2.24, 2.45) is 0 Å². The Morgan fingerprint density at radius 1 is 0.711 bits per heavy atom. The molecule has 0 aromatic heterocycles. The van der Waals surface area contributed by atoms with Gasteiger partial charge in [-0.25, -0.2) is 0 Å². The molecular weight excluding hydrogens is 568 g/mol. The normalized spacial score (nSPS) is 22.7. The summed E-state index contributed by atoms with van der Waals surface area (Å²) in [5.74, 6) is 0.853. The van der Waals surface area contributed by atoms with Gasteiger partial charge in [-0.2, -0.15) is 0 Å². The fourth-order valence-electron chi connectivity index (χ4n) is 3.65. The van der Waals surface area contributed by atoms with E-state index in [4.69, 9.17) is 14.6 Å². The summed E-state index contributed by atoms with van der Waals surface area (Å²) in [6.45, 7) is 22.0. The number of unbranched alkanes of at least 4 members (excludes halogenated alkanes) is 1. The molecule has 2 aliphatic heterocycles. The second-order valence-corrected chi connectivity index (χ2v) is 10.9. The van der Waals surface area contributed by atoms with Gasteiger partial charge in [0.25, 0.3) is 0 Å². The molecule has 3 aliphatic rings. The van der Waals surface area contributed by atoms with Gasteiger partial charge in [0.05, 0.1) is 12.2 Å². The number of hydrogen-bond donors (Lipinski definition) is 1. The van der Waals surface area contributed by atoms with Crippen molar-refractivity contribution in [1.29, 1.82) is 0 Å². The number of carbonyl (C=O) groups is 4. The highest BCUT2D eigenvalue weighted by molar-refractivity contribution is 6.08. The Kier molecular flexibility index (Phi) is 32.9. The van der Waals surface area contributed by atoms with E-state index in [0.29, 0.717) is 12.4 Å². The standard InChI is InChI=1S/C10H14O.C7H10O3.C7H14O.C7H10O.C4H10.C3H8O/c1-3-8-6-5-7-9(4-2)10(8)11;1-3-6(9-3)5(8)7-4(2)10-7;2*1-3-5-7(8)6-4-2;1-3-4-2;1-2-3-4/h3-4H,5-7H2,1-2H3;3-4,6-7H,1-2H3;3-6H2,1-2H3;3-6H,1-2H3;3-4H2,1-2H3;4H,2-3H2,1H3/b8-3+,9-4+;;;;;. The third kappa shape index (κ3) is 26.4. The van der Waals surface area contributed by atoms with Crippen LogP contribution in [-0.2, 0) is 28.7 Å². The molecule has 3 rings (SSSR count). The molecule has 0 amide bonds. The first-order chi connectivity index (χ1) is 21.4. The van der Waals surface area contributed by atoms with Gasteiger partial charge in [0, 0.05) is 19.4 Å². The molecule has 7 nitrogen and oxygen atoms in total. The van der Waals surface area contributed by atoms with Crippen LogP contribution in [0.3, 0.4) is 0 Å². The molecule has 0 aromatic rings. The fraction of sp³-hybridized carbons (Fsp3) is 0.684. The maximum atomic E-state index is 11.5. The van der Waals surface area contributed by atoms with Crippen molar-refractivity contribution in [2.45, 2.75) is 165 Å². The minimum absolute atomic E-state index is 0.0509. The molecule has 1 aliphatic carbocycles. The van der Waals surface area contributed by atoms with Gasteiger partial charge in [0.15, 0.2) is 17.3 Å². The minimum Gasteiger partial charge on any atom is -0.396 e. The molecule has 0 radical (unpaired) electrons. The van der Waals surface area contributed by atoms with Gasteiger partial charge >= 0.3 is 0 Å². The van der Waals surface area contributed by atoms with Gasteiger partial charge in [-0.15, -0.1) is 0 Å². The van der Waals surface area contributed by atoms with Gasteiger partial charge in [-0.3, -0.25) is 19.2 Å². The number of aliphatic hydroxyl groups excluding tert-OH is 1. The fourth-order valence-corrected chi connectivity index (χ4v) is 3.65. The number of ether oxygens (including phenoxy) is 2. The van der Waals surface area contributed by atoms with E-state index in [1.54, 1.807) is 12.2 Å². The summed E-state index contributed by atoms with van der Waals surface area (Å²) >= 11 is 0. The zero-order valence-corrected chi connectivity index (χ0v) is 30.4. The number of ketones is 4. The molecule has 7 heteroatoms. The van der Waals surface area contributed by atoms with Crippen LogP contribution in [0.5, 0.6) is 0 Å². The molecule has 1 N–H and O–H groups in total. The summed E-state index contributed by atoms with van der Waals surface area (Å²) in [4.78, 5) is 43.7. The predicted molar refractivity (Wildman–Crippen MR) is 187 cm³/mol. The first-order valence-corrected chi connectivity index (χ1v) is 17.1. The molecule has 0 bridgehead atoms. The van der Waals surface area contributed by atoms with Crippen LogP contribution in [0.2, 0.25) is 0 Å². The average molecular weight is 635 g/mol. The SMILES string of the molecule is C/C=C1\CCC/C(=C\C)C1=O.CC1OC1C(=O)C1OC1C.CC=CC(=O)C=CC.CCCC.CCCC(=O)CCC.CCCO. The Labute approximate surface area is 275 Å². The van der Waals surface area contributed by atoms with E-state index in [2.05, 4.69) is 13.8 Å². The first kappa shape index (κ1) is 46.9. The van der Waals surface area contributed by atoms with Crippen LogP contribution in [0.15, 0.2) is 47.6 Å². The molecule has 45 heavy (non-hydrogen) atoms. The van der Waals surface area contributed by atoms with Crippen molar-refractivity contribution in [1.82, 2.24) is 0 Å². The number of rotatable bonds is 10. The number of hydrogen-bond acceptors (Lipinski definition) is 7. The monoisotopic (exact) mass is 634 g/mol. The van der Waals surface area contributed by atoms with Crippen LogP contribution < -0.4 is 0 Å². The Morgan fingerprint density at radius 3 is 1.29 bits per heavy atom. The lowest BCUT2D eigenvalue weighted by Gasteiger charge is -2.14. The van der Waals surface area contributed by atoms with E-state index in [-0.39, 0.29) is 41.8 Å². The third-order valence-electron chi connectivity index (χ3n) is 6.60. The predicted octanol–water partition coefficient (Wildman–Crippen LogP) is 8.82. The highest BCUT2D eigenvalue weighted by Crippen LogP contribution is 2.31. The Balaban J connectivity index is -0.000000488. The summed E-state index contributed by atoms with van der Waals surface area (Å²) in [7, 11) is 0. The largest absolute Gasteiger partial charge is 0.396 e. The number of aliphatic hydroxyl groups is 1. The summed E-state index contributed by atoms with van der Waals surface area (Å²) in [6.07, 6.45) is 20.4. The lowest BCUT2D eigenvalue weighted by molar-refractivity contribution is -0.121. The molecule has 260 valence electrons. The van der Waals surface area contributed by atoms with Crippen LogP contribution >= 0.6 is 0 Å². The van der Waals surface area contributed by atoms with E-state index in [1.165, 1.54) is 25.0 Å². The van der Waals surface area contributed by atoms with E-state index in [9.17, 15) is 19.2 Å². The molecule has 1 saturated carbocycles. The minimum atomic E-state index is -0.157. The Morgan fingerprint density at radius 2 is 1.07 bits per heavy atom. The van der Waals surface area contributed by atoms with E-state index in [0.717, 1.165) is 62.5 Å². The quantitative estimate of drug-likeness (QED) is 0.189. The van der Waals surface area contributed by atoms with E-state index in [1.807, 2.05) is 74.5 Å². The highest BCUT2D eigenvalue weighted by atomic mass is 16.6. The van der Waals surface area contributed by atoms with Crippen molar-refractivity contribution < 1.29 is 33.8 Å². The van der Waals surface area contributed by atoms with E-state index < -0.39 is 0 Å². The Hall–Kier alpha value is -2.48. The lowest BCUT2D eigenvalue weighted by atomic mass is 9.89. The van der Waals surface area contributed by atoms with Crippen molar-refractivity contribution in [3.05, 3.63) is 47.6 Å². The van der Waals surface area contributed by atoms with Crippen molar-refractivity contribution in [3.63, 3.8) is 0 Å². The van der Waals surface area contributed by atoms with Crippen LogP contribution in [0, 0.1) is 0 Å². The zero-order chi connectivity index (χ0) is 35.2. The maximum absolute atomic E-state index is 11.5. The number of Topliss-reactive ketones (excluding diaryl/α,β-unsaturated/α-hetero) is 3. The lowest BCUT2D eigenvalue weighted by Crippen LogP contribution is -2.16. The molecule has 0 aromatic carbocycles. The molecule has 2 heterocycles. The molecule has 4 atom stereocenters. The third-order valence-corrected chi connectivity index (χ3v) is 6.60. The van der Waals surface area contributed by atoms with Gasteiger partial charge in [0.1, 0.15) is 18.0 Å². The van der Waals surface area contributed by atoms with Crippen molar-refractivity contribution in [2.75, 3.05) is 6.61 Å². The van der Waals surface area contributed by atoms with Gasteiger partial charge in [-0.05, 0) is 103 Å². The zero-order valence-electron chi connectivity index (χ0n) is 30.4. The molecule has 4 unspecified atom stereocenters. The smallest absolute Gasteiger partial charge is 0.195 e. The molecule has 0 spiro atoms. The van der Waals surface area contributed by atoms with Crippen LogP contribution in [0.1, 0.15) is 140 Å². The van der Waals surface area contributed by atoms with Gasteiger partial charge in [0.2, 0.25) is 0 Å². The summed E-state index contributed by atoms with van der Waals surface area (Å²) in [6, 6.07) is 0. The molecule has 2 saturated heterocycles. The van der Waals surface area contributed by atoms with Crippen LogP contribution in [0.25, 0.3) is 0 Å². The topological polar surface area (TPSA) is 114 Å². The summed E-state index contributed by atoms with van der Waals surface area (Å²) in [5.41, 5.74) is 1.98. The summed E-state index contributed by atoms with van der Waals surface area (Å²) < 4.78 is 10.00. The van der Waals surface area contributed by atoms with E-state index >= 15 is 0 Å². The average Bonchev–Trinajstić information content (AvgIpc) is 3.95. The first-order valence-electron chi connectivity index (χ1n) is 17.1. The second-order valence-electron chi connectivity index (χ2n) is 10.9. The van der Waals surface area contributed by atoms with Gasteiger partial charge in [-0.1, -0.05) is 71.8 Å². The summed E-state index contributed by atoms with van der Waals surface area (Å²) in [5, 5.41) is 7.88. The molecular formula is C38H66O7. The number of epoxide rings is 2. The van der Waals surface area contributed by atoms with Crippen molar-refractivity contribution in [3.8, 4) is 0 Å². The number of carbonyl (C=O) groups excluding carboxylic acids is 4. The van der Waals surface area contributed by atoms with Crippen molar-refractivity contribution >= 4 is 23.1 Å². The second kappa shape index (κ2) is 31.5. The maximum Gasteiger partial charge on any atom is 0.195 e. The highest BCUT2D eigenvalue weighted by Gasteiger charge is 2.52.